The molecule has 0 fully saturated rings. The van der Waals surface area contributed by atoms with Crippen molar-refractivity contribution in [3.8, 4) is 0 Å². The summed E-state index contributed by atoms with van der Waals surface area (Å²) in [6.45, 7) is 0. The van der Waals surface area contributed by atoms with Crippen LogP contribution in [-0.2, 0) is 4.79 Å². The second kappa shape index (κ2) is 6.06. The first-order valence-electron chi connectivity index (χ1n) is 5.64. The van der Waals surface area contributed by atoms with Crippen molar-refractivity contribution in [2.24, 2.45) is 5.73 Å². The van der Waals surface area contributed by atoms with Crippen LogP contribution >= 0.6 is 23.2 Å². The van der Waals surface area contributed by atoms with Crippen molar-refractivity contribution >= 4 is 34.8 Å². The molecule has 1 atom stereocenters. The summed E-state index contributed by atoms with van der Waals surface area (Å²) < 4.78 is 0. The number of benzene rings is 2. The fourth-order valence-electron chi connectivity index (χ4n) is 1.62. The Balaban J connectivity index is 2.15. The predicted molar refractivity (Wildman–Crippen MR) is 78.5 cm³/mol. The van der Waals surface area contributed by atoms with E-state index in [0.717, 1.165) is 5.56 Å². The van der Waals surface area contributed by atoms with E-state index in [9.17, 15) is 4.79 Å². The maximum Gasteiger partial charge on any atom is 0.245 e. The molecule has 0 aliphatic carbocycles. The molecule has 3 N–H and O–H groups in total. The van der Waals surface area contributed by atoms with E-state index >= 15 is 0 Å². The van der Waals surface area contributed by atoms with Crippen LogP contribution in [-0.4, -0.2) is 5.91 Å². The number of carbonyl (C=O) groups excluding carboxylic acids is 1. The number of halogens is 2. The van der Waals surface area contributed by atoms with Crippen molar-refractivity contribution in [2.75, 3.05) is 5.32 Å². The molecule has 3 nitrogen and oxygen atoms in total. The number of nitrogens with two attached hydrogens (primary N) is 1. The average Bonchev–Trinajstić information content (AvgIpc) is 2.43. The molecule has 0 radical (unpaired) electrons. The van der Waals surface area contributed by atoms with Gasteiger partial charge in [0.2, 0.25) is 5.91 Å². The minimum atomic E-state index is -0.753. The van der Waals surface area contributed by atoms with Gasteiger partial charge in [0, 0.05) is 5.02 Å². The quantitative estimate of drug-likeness (QED) is 0.908. The minimum Gasteiger partial charge on any atom is -0.323 e. The largest absolute Gasteiger partial charge is 0.323 e. The number of amides is 1. The molecule has 2 aromatic carbocycles. The van der Waals surface area contributed by atoms with Gasteiger partial charge in [0.25, 0.3) is 0 Å². The Bertz CT molecular complexity index is 587. The van der Waals surface area contributed by atoms with Crippen molar-refractivity contribution in [3.63, 3.8) is 0 Å². The summed E-state index contributed by atoms with van der Waals surface area (Å²) in [7, 11) is 0. The van der Waals surface area contributed by atoms with Crippen LogP contribution in [0.15, 0.2) is 48.5 Å². The first-order chi connectivity index (χ1) is 9.08. The lowest BCUT2D eigenvalue weighted by molar-refractivity contribution is -0.117. The van der Waals surface area contributed by atoms with E-state index in [-0.39, 0.29) is 5.91 Å². The van der Waals surface area contributed by atoms with Crippen LogP contribution in [0.25, 0.3) is 0 Å². The summed E-state index contributed by atoms with van der Waals surface area (Å²) in [6.07, 6.45) is 0. The normalized spacial score (nSPS) is 11.9. The number of nitrogens with one attached hydrogen (secondary N) is 1. The molecular formula is C14H12Cl2N2O. The molecule has 0 aliphatic rings. The number of rotatable bonds is 3. The SMILES string of the molecule is N[C@H](C(=O)Nc1cc(Cl)ccc1Cl)c1ccccc1. The zero-order valence-corrected chi connectivity index (χ0v) is 11.4. The van der Waals surface area contributed by atoms with E-state index in [1.165, 1.54) is 0 Å². The molecule has 0 saturated heterocycles. The lowest BCUT2D eigenvalue weighted by atomic mass is 10.1. The maximum absolute atomic E-state index is 12.0. The Morgan fingerprint density at radius 2 is 1.79 bits per heavy atom. The summed E-state index contributed by atoms with van der Waals surface area (Å²) in [5.74, 6) is -0.338. The Labute approximate surface area is 121 Å². The molecule has 0 aliphatic heterocycles. The summed E-state index contributed by atoms with van der Waals surface area (Å²) in [5.41, 5.74) is 7.07. The topological polar surface area (TPSA) is 55.1 Å². The van der Waals surface area contributed by atoms with E-state index in [2.05, 4.69) is 5.32 Å². The first-order valence-corrected chi connectivity index (χ1v) is 6.40. The number of hydrogen-bond donors (Lipinski definition) is 2. The van der Waals surface area contributed by atoms with E-state index in [1.807, 2.05) is 18.2 Å². The van der Waals surface area contributed by atoms with Gasteiger partial charge in [-0.05, 0) is 23.8 Å². The highest BCUT2D eigenvalue weighted by Gasteiger charge is 2.16. The third-order valence-corrected chi connectivity index (χ3v) is 3.19. The summed E-state index contributed by atoms with van der Waals surface area (Å²) in [5, 5.41) is 3.58. The number of anilines is 1. The van der Waals surface area contributed by atoms with E-state index < -0.39 is 6.04 Å². The van der Waals surface area contributed by atoms with Crippen LogP contribution in [0, 0.1) is 0 Å². The van der Waals surface area contributed by atoms with Crippen molar-refractivity contribution < 1.29 is 4.79 Å². The summed E-state index contributed by atoms with van der Waals surface area (Å²) in [6, 6.07) is 13.2. The van der Waals surface area contributed by atoms with Crippen molar-refractivity contribution in [2.45, 2.75) is 6.04 Å². The van der Waals surface area contributed by atoms with Gasteiger partial charge in [-0.1, -0.05) is 53.5 Å². The van der Waals surface area contributed by atoms with Crippen LogP contribution in [0.3, 0.4) is 0 Å². The van der Waals surface area contributed by atoms with E-state index in [1.54, 1.807) is 30.3 Å². The van der Waals surface area contributed by atoms with E-state index in [0.29, 0.717) is 15.7 Å². The second-order valence-corrected chi connectivity index (χ2v) is 4.85. The van der Waals surface area contributed by atoms with Gasteiger partial charge in [0.1, 0.15) is 6.04 Å². The van der Waals surface area contributed by atoms with Crippen LogP contribution in [0.4, 0.5) is 5.69 Å². The molecule has 2 rings (SSSR count). The summed E-state index contributed by atoms with van der Waals surface area (Å²) in [4.78, 5) is 12.0. The zero-order chi connectivity index (χ0) is 13.8. The Hall–Kier alpha value is -1.55. The van der Waals surface area contributed by atoms with Gasteiger partial charge < -0.3 is 11.1 Å². The zero-order valence-electron chi connectivity index (χ0n) is 9.94. The highest BCUT2D eigenvalue weighted by molar-refractivity contribution is 6.35. The Morgan fingerprint density at radius 1 is 1.11 bits per heavy atom. The molecule has 2 aromatic rings. The van der Waals surface area contributed by atoms with Crippen molar-refractivity contribution in [1.29, 1.82) is 0 Å². The minimum absolute atomic E-state index is 0.338. The molecule has 0 aromatic heterocycles. The Morgan fingerprint density at radius 3 is 2.47 bits per heavy atom. The molecule has 19 heavy (non-hydrogen) atoms. The highest BCUT2D eigenvalue weighted by atomic mass is 35.5. The van der Waals surface area contributed by atoms with Crippen LogP contribution < -0.4 is 11.1 Å². The number of hydrogen-bond acceptors (Lipinski definition) is 2. The Kier molecular flexibility index (Phi) is 4.43. The van der Waals surface area contributed by atoms with Gasteiger partial charge in [0.15, 0.2) is 0 Å². The first kappa shape index (κ1) is 13.9. The monoisotopic (exact) mass is 294 g/mol. The molecule has 0 bridgehead atoms. The lowest BCUT2D eigenvalue weighted by Crippen LogP contribution is -2.27. The van der Waals surface area contributed by atoms with Gasteiger partial charge in [-0.3, -0.25) is 4.79 Å². The molecular weight excluding hydrogens is 283 g/mol. The van der Waals surface area contributed by atoms with Gasteiger partial charge >= 0.3 is 0 Å². The molecule has 0 spiro atoms. The summed E-state index contributed by atoms with van der Waals surface area (Å²) >= 11 is 11.8. The molecule has 0 saturated carbocycles. The fraction of sp³-hybridized carbons (Fsp3) is 0.0714. The average molecular weight is 295 g/mol. The van der Waals surface area contributed by atoms with Gasteiger partial charge in [0.05, 0.1) is 10.7 Å². The van der Waals surface area contributed by atoms with Crippen LogP contribution in [0.5, 0.6) is 0 Å². The fourth-order valence-corrected chi connectivity index (χ4v) is 1.95. The van der Waals surface area contributed by atoms with Crippen LogP contribution in [0.2, 0.25) is 10.0 Å². The van der Waals surface area contributed by atoms with E-state index in [4.69, 9.17) is 28.9 Å². The van der Waals surface area contributed by atoms with Crippen LogP contribution in [0.1, 0.15) is 11.6 Å². The third-order valence-electron chi connectivity index (χ3n) is 2.63. The maximum atomic E-state index is 12.0. The molecule has 98 valence electrons. The number of carbonyl (C=O) groups is 1. The smallest absolute Gasteiger partial charge is 0.245 e. The molecule has 1 amide bonds. The van der Waals surface area contributed by atoms with Gasteiger partial charge in [-0.15, -0.1) is 0 Å². The predicted octanol–water partition coefficient (Wildman–Crippen LogP) is 3.63. The molecule has 0 unspecified atom stereocenters. The molecule has 5 heteroatoms. The molecule has 0 heterocycles. The van der Waals surface area contributed by atoms with Crippen molar-refractivity contribution in [1.82, 2.24) is 0 Å². The highest BCUT2D eigenvalue weighted by Crippen LogP contribution is 2.26. The van der Waals surface area contributed by atoms with Crippen molar-refractivity contribution in [3.05, 3.63) is 64.1 Å². The standard InChI is InChI=1S/C14H12Cl2N2O/c15-10-6-7-11(16)12(8-10)18-14(19)13(17)9-4-2-1-3-5-9/h1-8,13H,17H2,(H,18,19)/t13-/m0/s1. The third kappa shape index (κ3) is 3.47. The lowest BCUT2D eigenvalue weighted by Gasteiger charge is -2.13. The second-order valence-electron chi connectivity index (χ2n) is 4.00. The van der Waals surface area contributed by atoms with Gasteiger partial charge in [-0.25, -0.2) is 0 Å². The van der Waals surface area contributed by atoms with Gasteiger partial charge in [-0.2, -0.15) is 0 Å².